The second-order valence-electron chi connectivity index (χ2n) is 8.58. The van der Waals surface area contributed by atoms with Gasteiger partial charge >= 0.3 is 5.97 Å². The second kappa shape index (κ2) is 7.39. The van der Waals surface area contributed by atoms with Gasteiger partial charge in [-0.15, -0.1) is 0 Å². The molecule has 2 fully saturated rings. The topological polar surface area (TPSA) is 60.9 Å². The predicted octanol–water partition coefficient (Wildman–Crippen LogP) is 3.20. The summed E-state index contributed by atoms with van der Waals surface area (Å²) >= 11 is 0. The van der Waals surface area contributed by atoms with E-state index in [0.29, 0.717) is 13.0 Å². The van der Waals surface area contributed by atoms with Crippen LogP contribution in [0.3, 0.4) is 0 Å². The van der Waals surface area contributed by atoms with Crippen LogP contribution in [-0.4, -0.2) is 52.5 Å². The summed E-state index contributed by atoms with van der Waals surface area (Å²) in [7, 11) is 0. The summed E-state index contributed by atoms with van der Waals surface area (Å²) in [5.74, 6) is -0.758. The maximum Gasteiger partial charge on any atom is 0.320 e. The molecule has 5 heteroatoms. The molecule has 1 aromatic carbocycles. The highest BCUT2D eigenvalue weighted by Gasteiger charge is 2.35. The van der Waals surface area contributed by atoms with E-state index in [0.717, 1.165) is 25.8 Å². The fourth-order valence-corrected chi connectivity index (χ4v) is 4.18. The number of amides is 1. The average Bonchev–Trinajstić information content (AvgIpc) is 3.23. The lowest BCUT2D eigenvalue weighted by molar-refractivity contribution is -0.143. The zero-order chi connectivity index (χ0) is 18.9. The summed E-state index contributed by atoms with van der Waals surface area (Å²) < 4.78 is 0. The van der Waals surface area contributed by atoms with Gasteiger partial charge in [0, 0.05) is 6.54 Å². The maximum atomic E-state index is 12.9. The number of nitrogens with zero attached hydrogens (tertiary/aromatic N) is 2. The van der Waals surface area contributed by atoms with Crippen molar-refractivity contribution in [3.8, 4) is 0 Å². The Hall–Kier alpha value is -1.88. The number of hydrogen-bond acceptors (Lipinski definition) is 3. The summed E-state index contributed by atoms with van der Waals surface area (Å²) in [6.07, 6.45) is 3.46. The van der Waals surface area contributed by atoms with E-state index < -0.39 is 12.0 Å². The molecule has 1 aromatic rings. The van der Waals surface area contributed by atoms with E-state index in [4.69, 9.17) is 0 Å². The minimum Gasteiger partial charge on any atom is -0.480 e. The highest BCUT2D eigenvalue weighted by Crippen LogP contribution is 2.33. The van der Waals surface area contributed by atoms with Crippen LogP contribution in [0.2, 0.25) is 0 Å². The number of carboxylic acid groups (broad SMARTS) is 1. The number of hydrogen-bond donors (Lipinski definition) is 1. The summed E-state index contributed by atoms with van der Waals surface area (Å²) in [6.45, 7) is 8.26. The molecule has 0 unspecified atom stereocenters. The largest absolute Gasteiger partial charge is 0.480 e. The number of carboxylic acids is 1. The first-order valence-corrected chi connectivity index (χ1v) is 9.64. The van der Waals surface area contributed by atoms with E-state index in [1.807, 2.05) is 9.80 Å². The number of likely N-dealkylation sites (tertiary alicyclic amines) is 2. The molecule has 2 saturated heterocycles. The van der Waals surface area contributed by atoms with Crippen LogP contribution in [0.4, 0.5) is 0 Å². The third kappa shape index (κ3) is 3.93. The average molecular weight is 358 g/mol. The van der Waals surface area contributed by atoms with E-state index in [1.165, 1.54) is 11.1 Å². The summed E-state index contributed by atoms with van der Waals surface area (Å²) in [5.41, 5.74) is 2.59. The number of rotatable bonds is 4. The van der Waals surface area contributed by atoms with Gasteiger partial charge in [0.2, 0.25) is 5.91 Å². The molecule has 0 saturated carbocycles. The SMILES string of the molecule is CC(C)(C)c1ccc([C@@H]2CCCN2C(=O)CN2CCC[C@@H]2C(=O)O)cc1. The van der Waals surface area contributed by atoms with E-state index in [9.17, 15) is 14.7 Å². The standard InChI is InChI=1S/C21H30N2O3/c1-21(2,3)16-10-8-15(9-11-16)17-6-5-13-23(17)19(24)14-22-12-4-7-18(22)20(25)26/h8-11,17-18H,4-7,12-14H2,1-3H3,(H,25,26)/t17-,18+/m0/s1. The Labute approximate surface area is 156 Å². The molecular weight excluding hydrogens is 328 g/mol. The van der Waals surface area contributed by atoms with Gasteiger partial charge in [0.05, 0.1) is 12.6 Å². The number of carbonyl (C=O) groups excluding carboxylic acids is 1. The molecule has 0 aliphatic carbocycles. The molecule has 3 rings (SSSR count). The molecule has 2 atom stereocenters. The molecule has 2 heterocycles. The van der Waals surface area contributed by atoms with Gasteiger partial charge < -0.3 is 10.0 Å². The fraction of sp³-hybridized carbons (Fsp3) is 0.619. The molecule has 2 aliphatic heterocycles. The normalized spacial score (nSPS) is 24.2. The van der Waals surface area contributed by atoms with Gasteiger partial charge in [0.1, 0.15) is 6.04 Å². The molecule has 26 heavy (non-hydrogen) atoms. The van der Waals surface area contributed by atoms with Crippen LogP contribution >= 0.6 is 0 Å². The lowest BCUT2D eigenvalue weighted by Crippen LogP contribution is -2.44. The zero-order valence-corrected chi connectivity index (χ0v) is 16.1. The number of aliphatic carboxylic acids is 1. The molecule has 2 aliphatic rings. The minimum absolute atomic E-state index is 0.0561. The Kier molecular flexibility index (Phi) is 5.37. The molecule has 142 valence electrons. The van der Waals surface area contributed by atoms with Crippen LogP contribution < -0.4 is 0 Å². The van der Waals surface area contributed by atoms with Crippen molar-refractivity contribution >= 4 is 11.9 Å². The van der Waals surface area contributed by atoms with E-state index >= 15 is 0 Å². The van der Waals surface area contributed by atoms with Gasteiger partial charge in [0.25, 0.3) is 0 Å². The van der Waals surface area contributed by atoms with Crippen molar-refractivity contribution in [2.24, 2.45) is 0 Å². The Bertz CT molecular complexity index is 663. The highest BCUT2D eigenvalue weighted by atomic mass is 16.4. The monoisotopic (exact) mass is 358 g/mol. The van der Waals surface area contributed by atoms with Gasteiger partial charge in [-0.2, -0.15) is 0 Å². The third-order valence-corrected chi connectivity index (χ3v) is 5.72. The summed E-state index contributed by atoms with van der Waals surface area (Å²) in [4.78, 5) is 28.0. The Morgan fingerprint density at radius 2 is 1.73 bits per heavy atom. The van der Waals surface area contributed by atoms with Gasteiger partial charge in [-0.1, -0.05) is 45.0 Å². The molecule has 0 bridgehead atoms. The molecule has 1 amide bonds. The third-order valence-electron chi connectivity index (χ3n) is 5.72. The van der Waals surface area contributed by atoms with Crippen LogP contribution in [0.1, 0.15) is 63.6 Å². The first-order chi connectivity index (χ1) is 12.3. The number of benzene rings is 1. The van der Waals surface area contributed by atoms with E-state index in [2.05, 4.69) is 45.0 Å². The predicted molar refractivity (Wildman–Crippen MR) is 101 cm³/mol. The molecule has 5 nitrogen and oxygen atoms in total. The Balaban J connectivity index is 1.69. The molecule has 0 radical (unpaired) electrons. The van der Waals surface area contributed by atoms with Crippen molar-refractivity contribution in [1.82, 2.24) is 9.80 Å². The lowest BCUT2D eigenvalue weighted by Gasteiger charge is -2.29. The van der Waals surface area contributed by atoms with Crippen molar-refractivity contribution in [2.75, 3.05) is 19.6 Å². The van der Waals surface area contributed by atoms with Crippen LogP contribution in [0.5, 0.6) is 0 Å². The van der Waals surface area contributed by atoms with E-state index in [1.54, 1.807) is 0 Å². The van der Waals surface area contributed by atoms with Crippen LogP contribution in [0, 0.1) is 0 Å². The Morgan fingerprint density at radius 3 is 2.35 bits per heavy atom. The lowest BCUT2D eigenvalue weighted by atomic mass is 9.86. The first-order valence-electron chi connectivity index (χ1n) is 9.64. The minimum atomic E-state index is -0.814. The quantitative estimate of drug-likeness (QED) is 0.898. The highest BCUT2D eigenvalue weighted by molar-refractivity contribution is 5.81. The maximum absolute atomic E-state index is 12.9. The first kappa shape index (κ1) is 18.9. The second-order valence-corrected chi connectivity index (χ2v) is 8.58. The summed E-state index contributed by atoms with van der Waals surface area (Å²) in [5, 5.41) is 9.32. The molecule has 0 spiro atoms. The molecular formula is C21H30N2O3. The Morgan fingerprint density at radius 1 is 1.08 bits per heavy atom. The van der Waals surface area contributed by atoms with Crippen LogP contribution in [0.15, 0.2) is 24.3 Å². The molecule has 1 N–H and O–H groups in total. The number of carbonyl (C=O) groups is 2. The van der Waals surface area contributed by atoms with Crippen LogP contribution in [0.25, 0.3) is 0 Å². The van der Waals surface area contributed by atoms with Gasteiger partial charge in [-0.25, -0.2) is 0 Å². The van der Waals surface area contributed by atoms with Gasteiger partial charge in [0.15, 0.2) is 0 Å². The van der Waals surface area contributed by atoms with Gasteiger partial charge in [-0.05, 0) is 48.8 Å². The van der Waals surface area contributed by atoms with Crippen molar-refractivity contribution < 1.29 is 14.7 Å². The van der Waals surface area contributed by atoms with Crippen molar-refractivity contribution in [2.45, 2.75) is 64.0 Å². The smallest absolute Gasteiger partial charge is 0.320 e. The molecule has 0 aromatic heterocycles. The zero-order valence-electron chi connectivity index (χ0n) is 16.1. The fourth-order valence-electron chi connectivity index (χ4n) is 4.18. The van der Waals surface area contributed by atoms with Crippen LogP contribution in [-0.2, 0) is 15.0 Å². The summed E-state index contributed by atoms with van der Waals surface area (Å²) in [6, 6.07) is 8.22. The van der Waals surface area contributed by atoms with E-state index in [-0.39, 0.29) is 23.9 Å². The van der Waals surface area contributed by atoms with Gasteiger partial charge in [-0.3, -0.25) is 14.5 Å². The van der Waals surface area contributed by atoms with Crippen molar-refractivity contribution in [1.29, 1.82) is 0 Å². The van der Waals surface area contributed by atoms with Crippen molar-refractivity contribution in [3.05, 3.63) is 35.4 Å². The van der Waals surface area contributed by atoms with Crippen molar-refractivity contribution in [3.63, 3.8) is 0 Å².